The van der Waals surface area contributed by atoms with Gasteiger partial charge in [-0.15, -0.1) is 0 Å². The van der Waals surface area contributed by atoms with Crippen molar-refractivity contribution in [2.75, 3.05) is 19.7 Å². The number of ether oxygens (including phenoxy) is 1. The van der Waals surface area contributed by atoms with E-state index in [9.17, 15) is 9.59 Å². The summed E-state index contributed by atoms with van der Waals surface area (Å²) in [6.07, 6.45) is 1.13. The monoisotopic (exact) mass is 343 g/mol. The quantitative estimate of drug-likeness (QED) is 0.791. The summed E-state index contributed by atoms with van der Waals surface area (Å²) in [5.41, 5.74) is 0. The SMILES string of the molecule is C[C@H]1C[C@H](C)CN(C(=O)COC(=O)c2ccc(Br)o2)C1. The summed E-state index contributed by atoms with van der Waals surface area (Å²) in [6, 6.07) is 3.11. The maximum absolute atomic E-state index is 12.0. The molecule has 1 aromatic rings. The number of nitrogens with zero attached hydrogens (tertiary/aromatic N) is 1. The Morgan fingerprint density at radius 3 is 2.55 bits per heavy atom. The van der Waals surface area contributed by atoms with Gasteiger partial charge >= 0.3 is 5.97 Å². The molecule has 1 fully saturated rings. The van der Waals surface area contributed by atoms with E-state index in [0.29, 0.717) is 16.5 Å². The first-order valence-electron chi connectivity index (χ1n) is 6.66. The Morgan fingerprint density at radius 2 is 2.00 bits per heavy atom. The summed E-state index contributed by atoms with van der Waals surface area (Å²) in [5.74, 6) is 0.286. The van der Waals surface area contributed by atoms with E-state index in [-0.39, 0.29) is 18.3 Å². The minimum absolute atomic E-state index is 0.0880. The Labute approximate surface area is 126 Å². The number of halogens is 1. The molecule has 6 heteroatoms. The number of piperidine rings is 1. The van der Waals surface area contributed by atoms with Gasteiger partial charge in [0.2, 0.25) is 5.76 Å². The molecule has 110 valence electrons. The molecule has 0 unspecified atom stereocenters. The van der Waals surface area contributed by atoms with E-state index in [2.05, 4.69) is 29.8 Å². The second kappa shape index (κ2) is 6.43. The van der Waals surface area contributed by atoms with Crippen molar-refractivity contribution >= 4 is 27.8 Å². The standard InChI is InChI=1S/C14H18BrNO4/c1-9-5-10(2)7-16(6-9)13(17)8-19-14(18)11-3-4-12(15)20-11/h3-4,9-10H,5-8H2,1-2H3/t9-,10-/m0/s1. The molecule has 2 rings (SSSR count). The van der Waals surface area contributed by atoms with Crippen molar-refractivity contribution in [3.63, 3.8) is 0 Å². The van der Waals surface area contributed by atoms with Crippen molar-refractivity contribution in [3.8, 4) is 0 Å². The van der Waals surface area contributed by atoms with Crippen LogP contribution in [0.1, 0.15) is 30.8 Å². The van der Waals surface area contributed by atoms with Gasteiger partial charge in [-0.05, 0) is 46.3 Å². The summed E-state index contributed by atoms with van der Waals surface area (Å²) >= 11 is 3.11. The van der Waals surface area contributed by atoms with Gasteiger partial charge in [0.1, 0.15) is 0 Å². The molecule has 5 nitrogen and oxygen atoms in total. The lowest BCUT2D eigenvalue weighted by Crippen LogP contribution is -2.44. The fourth-order valence-electron chi connectivity index (χ4n) is 2.58. The first-order chi connectivity index (χ1) is 9.45. The van der Waals surface area contributed by atoms with Crippen LogP contribution in [-0.4, -0.2) is 36.5 Å². The molecule has 1 aromatic heterocycles. The second-order valence-corrected chi connectivity index (χ2v) is 6.21. The minimum Gasteiger partial charge on any atom is -0.450 e. The van der Waals surface area contributed by atoms with Crippen LogP contribution >= 0.6 is 15.9 Å². The van der Waals surface area contributed by atoms with Gasteiger partial charge in [0.25, 0.3) is 5.91 Å². The van der Waals surface area contributed by atoms with Crippen LogP contribution in [-0.2, 0) is 9.53 Å². The van der Waals surface area contributed by atoms with E-state index < -0.39 is 5.97 Å². The minimum atomic E-state index is -0.623. The summed E-state index contributed by atoms with van der Waals surface area (Å²) in [5, 5.41) is 0. The van der Waals surface area contributed by atoms with Gasteiger partial charge in [-0.25, -0.2) is 4.79 Å². The van der Waals surface area contributed by atoms with Crippen LogP contribution in [0.5, 0.6) is 0 Å². The van der Waals surface area contributed by atoms with Crippen molar-refractivity contribution in [1.82, 2.24) is 4.90 Å². The molecule has 0 bridgehead atoms. The van der Waals surface area contributed by atoms with E-state index in [1.807, 2.05) is 0 Å². The highest BCUT2D eigenvalue weighted by molar-refractivity contribution is 9.10. The van der Waals surface area contributed by atoms with Crippen LogP contribution in [0.25, 0.3) is 0 Å². The number of carbonyl (C=O) groups excluding carboxylic acids is 2. The molecule has 2 atom stereocenters. The molecule has 1 amide bonds. The highest BCUT2D eigenvalue weighted by Gasteiger charge is 2.26. The van der Waals surface area contributed by atoms with Crippen molar-refractivity contribution < 1.29 is 18.7 Å². The molecular weight excluding hydrogens is 326 g/mol. The molecule has 0 spiro atoms. The Balaban J connectivity index is 1.84. The van der Waals surface area contributed by atoms with Gasteiger partial charge in [-0.1, -0.05) is 13.8 Å². The van der Waals surface area contributed by atoms with Gasteiger partial charge in [0.05, 0.1) is 0 Å². The molecule has 0 radical (unpaired) electrons. The van der Waals surface area contributed by atoms with E-state index in [1.54, 1.807) is 11.0 Å². The lowest BCUT2D eigenvalue weighted by molar-refractivity contribution is -0.137. The third-order valence-electron chi connectivity index (χ3n) is 3.32. The number of furan rings is 1. The number of carbonyl (C=O) groups is 2. The Bertz CT molecular complexity index is 489. The normalized spacial score (nSPS) is 22.6. The molecule has 0 saturated carbocycles. The predicted octanol–water partition coefficient (Wildman–Crippen LogP) is 2.70. The van der Waals surface area contributed by atoms with Crippen LogP contribution in [0.2, 0.25) is 0 Å². The van der Waals surface area contributed by atoms with E-state index in [4.69, 9.17) is 9.15 Å². The highest BCUT2D eigenvalue weighted by Crippen LogP contribution is 2.21. The Morgan fingerprint density at radius 1 is 1.35 bits per heavy atom. The molecule has 20 heavy (non-hydrogen) atoms. The maximum Gasteiger partial charge on any atom is 0.374 e. The summed E-state index contributed by atoms with van der Waals surface area (Å²) in [6.45, 7) is 5.47. The largest absolute Gasteiger partial charge is 0.450 e. The fourth-order valence-corrected chi connectivity index (χ4v) is 2.89. The average Bonchev–Trinajstić information content (AvgIpc) is 2.81. The topological polar surface area (TPSA) is 59.8 Å². The van der Waals surface area contributed by atoms with Crippen LogP contribution in [0.15, 0.2) is 21.2 Å². The number of likely N-dealkylation sites (tertiary alicyclic amines) is 1. The third kappa shape index (κ3) is 3.85. The van der Waals surface area contributed by atoms with Gasteiger partial charge in [-0.3, -0.25) is 4.79 Å². The summed E-state index contributed by atoms with van der Waals surface area (Å²) in [7, 11) is 0. The third-order valence-corrected chi connectivity index (χ3v) is 3.75. The maximum atomic E-state index is 12.0. The number of esters is 1. The lowest BCUT2D eigenvalue weighted by atomic mass is 9.92. The van der Waals surface area contributed by atoms with Gasteiger partial charge in [-0.2, -0.15) is 0 Å². The van der Waals surface area contributed by atoms with Gasteiger partial charge < -0.3 is 14.1 Å². The highest BCUT2D eigenvalue weighted by atomic mass is 79.9. The van der Waals surface area contributed by atoms with Crippen molar-refractivity contribution in [1.29, 1.82) is 0 Å². The fraction of sp³-hybridized carbons (Fsp3) is 0.571. The van der Waals surface area contributed by atoms with E-state index >= 15 is 0 Å². The molecule has 0 N–H and O–H groups in total. The molecular formula is C14H18BrNO4. The van der Waals surface area contributed by atoms with E-state index in [0.717, 1.165) is 19.5 Å². The number of rotatable bonds is 3. The Kier molecular flexibility index (Phi) is 4.86. The predicted molar refractivity (Wildman–Crippen MR) is 76.2 cm³/mol. The van der Waals surface area contributed by atoms with Crippen LogP contribution in [0, 0.1) is 11.8 Å². The second-order valence-electron chi connectivity index (χ2n) is 5.42. The van der Waals surface area contributed by atoms with E-state index in [1.165, 1.54) is 6.07 Å². The molecule has 1 aliphatic rings. The number of amides is 1. The molecule has 1 aliphatic heterocycles. The van der Waals surface area contributed by atoms with Crippen molar-refractivity contribution in [3.05, 3.63) is 22.6 Å². The molecule has 2 heterocycles. The zero-order valence-electron chi connectivity index (χ0n) is 11.6. The molecule has 0 aromatic carbocycles. The van der Waals surface area contributed by atoms with Crippen LogP contribution in [0.3, 0.4) is 0 Å². The Hall–Kier alpha value is -1.30. The summed E-state index contributed by atoms with van der Waals surface area (Å²) in [4.78, 5) is 25.5. The van der Waals surface area contributed by atoms with Crippen molar-refractivity contribution in [2.24, 2.45) is 11.8 Å². The first kappa shape index (κ1) is 15.1. The molecule has 1 saturated heterocycles. The van der Waals surface area contributed by atoms with Gasteiger partial charge in [0.15, 0.2) is 11.3 Å². The smallest absolute Gasteiger partial charge is 0.374 e. The average molecular weight is 344 g/mol. The number of hydrogen-bond acceptors (Lipinski definition) is 4. The summed E-state index contributed by atoms with van der Waals surface area (Å²) < 4.78 is 10.5. The van der Waals surface area contributed by atoms with Crippen molar-refractivity contribution in [2.45, 2.75) is 20.3 Å². The zero-order valence-corrected chi connectivity index (χ0v) is 13.2. The first-order valence-corrected chi connectivity index (χ1v) is 7.45. The van der Waals surface area contributed by atoms with Crippen LogP contribution < -0.4 is 0 Å². The zero-order chi connectivity index (χ0) is 14.7. The van der Waals surface area contributed by atoms with Crippen LogP contribution in [0.4, 0.5) is 0 Å². The van der Waals surface area contributed by atoms with Gasteiger partial charge in [0, 0.05) is 13.1 Å². The number of hydrogen-bond donors (Lipinski definition) is 0. The lowest BCUT2D eigenvalue weighted by Gasteiger charge is -2.34. The molecule has 0 aliphatic carbocycles.